The van der Waals surface area contributed by atoms with E-state index in [9.17, 15) is 9.59 Å². The summed E-state index contributed by atoms with van der Waals surface area (Å²) in [5.41, 5.74) is 4.79. The van der Waals surface area contributed by atoms with Crippen LogP contribution < -0.4 is 0 Å². The molecule has 0 N–H and O–H groups in total. The lowest BCUT2D eigenvalue weighted by atomic mass is 10.0. The second-order valence-corrected chi connectivity index (χ2v) is 18.3. The SMILES string of the molecule is CCCCCC(=O)OC(Cc1ccc(C)cc1)c1cc2sc3cc4c(cc3c2s1)sc1cc(C(Cc2ccc(C)cc2)OC(=O)CCCCC)sc14. The Kier molecular flexibility index (Phi) is 11.8. The van der Waals surface area contributed by atoms with E-state index < -0.39 is 0 Å². The number of carbonyl (C=O) groups excluding carboxylic acids is 2. The van der Waals surface area contributed by atoms with Crippen LogP contribution in [0.15, 0.2) is 72.8 Å². The molecule has 0 fully saturated rings. The molecule has 3 aromatic carbocycles. The van der Waals surface area contributed by atoms with Crippen LogP contribution in [0.2, 0.25) is 0 Å². The summed E-state index contributed by atoms with van der Waals surface area (Å²) in [4.78, 5) is 28.1. The average molecular weight is 767 g/mol. The number of unbranched alkanes of at least 4 members (excludes halogenated alkanes) is 4. The molecule has 0 aliphatic heterocycles. The maximum atomic E-state index is 13.0. The molecule has 0 spiro atoms. The molecule has 0 aliphatic carbocycles. The molecule has 8 heteroatoms. The fourth-order valence-electron chi connectivity index (χ4n) is 6.70. The molecule has 7 aromatic rings. The molecule has 0 amide bonds. The fourth-order valence-corrected chi connectivity index (χ4v) is 11.9. The normalized spacial score (nSPS) is 13.0. The third kappa shape index (κ3) is 8.46. The van der Waals surface area contributed by atoms with Gasteiger partial charge >= 0.3 is 11.9 Å². The Hall–Kier alpha value is -3.56. The van der Waals surface area contributed by atoms with Gasteiger partial charge in [0.1, 0.15) is 12.2 Å². The Morgan fingerprint density at radius 1 is 0.538 bits per heavy atom. The summed E-state index contributed by atoms with van der Waals surface area (Å²) in [7, 11) is 0. The van der Waals surface area contributed by atoms with Crippen LogP contribution in [0.25, 0.3) is 39.0 Å². The minimum Gasteiger partial charge on any atom is -0.456 e. The highest BCUT2D eigenvalue weighted by molar-refractivity contribution is 7.34. The third-order valence-electron chi connectivity index (χ3n) is 9.68. The van der Waals surface area contributed by atoms with Crippen molar-refractivity contribution in [2.24, 2.45) is 0 Å². The lowest BCUT2D eigenvalue weighted by molar-refractivity contribution is -0.150. The molecule has 4 aromatic heterocycles. The highest BCUT2D eigenvalue weighted by Gasteiger charge is 2.24. The van der Waals surface area contributed by atoms with Gasteiger partial charge in [-0.25, -0.2) is 0 Å². The Balaban J connectivity index is 1.19. The van der Waals surface area contributed by atoms with Crippen molar-refractivity contribution in [2.75, 3.05) is 0 Å². The molecule has 270 valence electrons. The maximum Gasteiger partial charge on any atom is 0.306 e. The van der Waals surface area contributed by atoms with Gasteiger partial charge in [-0.2, -0.15) is 0 Å². The minimum absolute atomic E-state index is 0.112. The summed E-state index contributed by atoms with van der Waals surface area (Å²) >= 11 is 7.16. The smallest absolute Gasteiger partial charge is 0.306 e. The number of aryl methyl sites for hydroxylation is 2. The summed E-state index contributed by atoms with van der Waals surface area (Å²) in [6, 6.07) is 26.3. The highest BCUT2D eigenvalue weighted by atomic mass is 32.1. The van der Waals surface area contributed by atoms with E-state index in [1.165, 1.54) is 61.2 Å². The summed E-state index contributed by atoms with van der Waals surface area (Å²) in [6.07, 6.45) is 7.60. The number of hydrogen-bond acceptors (Lipinski definition) is 8. The zero-order valence-corrected chi connectivity index (χ0v) is 33.7. The van der Waals surface area contributed by atoms with Crippen molar-refractivity contribution in [3.63, 3.8) is 0 Å². The maximum absolute atomic E-state index is 13.0. The molecule has 52 heavy (non-hydrogen) atoms. The van der Waals surface area contributed by atoms with Crippen LogP contribution in [0.1, 0.15) is 109 Å². The zero-order chi connectivity index (χ0) is 36.2. The molecule has 0 aliphatic rings. The molecule has 0 radical (unpaired) electrons. The molecule has 4 heterocycles. The fraction of sp³-hybridized carbons (Fsp3) is 0.364. The van der Waals surface area contributed by atoms with Crippen LogP contribution in [0.5, 0.6) is 0 Å². The predicted molar refractivity (Wildman–Crippen MR) is 224 cm³/mol. The summed E-state index contributed by atoms with van der Waals surface area (Å²) in [5.74, 6) is -0.224. The monoisotopic (exact) mass is 766 g/mol. The van der Waals surface area contributed by atoms with Crippen molar-refractivity contribution in [1.29, 1.82) is 0 Å². The summed E-state index contributed by atoms with van der Waals surface area (Å²) in [6.45, 7) is 8.49. The molecule has 4 nitrogen and oxygen atoms in total. The Labute approximate surface area is 322 Å². The minimum atomic E-state index is -0.306. The van der Waals surface area contributed by atoms with E-state index in [1.807, 2.05) is 22.7 Å². The second-order valence-electron chi connectivity index (χ2n) is 14.0. The molecule has 7 rings (SSSR count). The van der Waals surface area contributed by atoms with Crippen molar-refractivity contribution in [2.45, 2.75) is 104 Å². The number of thiophene rings is 4. The first-order valence-corrected chi connectivity index (χ1v) is 21.9. The molecule has 2 atom stereocenters. The van der Waals surface area contributed by atoms with Crippen LogP contribution in [0.3, 0.4) is 0 Å². The van der Waals surface area contributed by atoms with Gasteiger partial charge in [-0.15, -0.1) is 45.3 Å². The quantitative estimate of drug-likeness (QED) is 0.0726. The lowest BCUT2D eigenvalue weighted by Crippen LogP contribution is -2.13. The molecule has 0 saturated heterocycles. The number of hydrogen-bond donors (Lipinski definition) is 0. The van der Waals surface area contributed by atoms with E-state index in [0.717, 1.165) is 48.3 Å². The van der Waals surface area contributed by atoms with E-state index in [4.69, 9.17) is 9.47 Å². The Morgan fingerprint density at radius 3 is 1.33 bits per heavy atom. The van der Waals surface area contributed by atoms with Crippen LogP contribution in [-0.2, 0) is 31.9 Å². The first-order chi connectivity index (χ1) is 25.3. The van der Waals surface area contributed by atoms with Gasteiger partial charge in [0.05, 0.1) is 9.40 Å². The van der Waals surface area contributed by atoms with Crippen LogP contribution >= 0.6 is 45.3 Å². The number of benzene rings is 3. The van der Waals surface area contributed by atoms with Crippen LogP contribution in [-0.4, -0.2) is 11.9 Å². The van der Waals surface area contributed by atoms with Crippen molar-refractivity contribution >= 4 is 96.3 Å². The van der Waals surface area contributed by atoms with Crippen LogP contribution in [0.4, 0.5) is 0 Å². The Bertz CT molecular complexity index is 2140. The van der Waals surface area contributed by atoms with Gasteiger partial charge in [0.25, 0.3) is 0 Å². The second kappa shape index (κ2) is 16.6. The van der Waals surface area contributed by atoms with Gasteiger partial charge in [0.2, 0.25) is 0 Å². The van der Waals surface area contributed by atoms with Gasteiger partial charge in [-0.3, -0.25) is 9.59 Å². The van der Waals surface area contributed by atoms with Gasteiger partial charge in [0, 0.05) is 65.0 Å². The van der Waals surface area contributed by atoms with Gasteiger partial charge in [0.15, 0.2) is 0 Å². The van der Waals surface area contributed by atoms with Crippen molar-refractivity contribution in [3.05, 3.63) is 105 Å². The third-order valence-corrected chi connectivity index (χ3v) is 14.7. The lowest BCUT2D eigenvalue weighted by Gasteiger charge is -2.17. The standard InChI is InChI=1S/C44H46O4S4/c1-5-7-9-11-41(45)47-33(21-29-17-13-27(3)14-18-29)37-25-39-43(51-37)31-23-36-32(24-35(31)49-39)44-40(50-36)26-38(52-44)34(48-42(46)12-10-8-6-2)22-30-19-15-28(4)16-20-30/h13-20,23-26,33-34H,5-12,21-22H2,1-4H3. The van der Waals surface area contributed by atoms with Gasteiger partial charge < -0.3 is 9.47 Å². The number of carbonyl (C=O) groups is 2. The molecular formula is C44H46O4S4. The molecule has 2 unspecified atom stereocenters. The summed E-state index contributed by atoms with van der Waals surface area (Å²) < 4.78 is 19.9. The molecular weight excluding hydrogens is 721 g/mol. The summed E-state index contributed by atoms with van der Waals surface area (Å²) in [5, 5.41) is 2.53. The highest BCUT2D eigenvalue weighted by Crippen LogP contribution is 2.48. The number of ether oxygens (including phenoxy) is 2. The number of fused-ring (bicyclic) bond motifs is 6. The van der Waals surface area contributed by atoms with E-state index in [1.54, 1.807) is 22.7 Å². The predicted octanol–water partition coefficient (Wildman–Crippen LogP) is 14.0. The van der Waals surface area contributed by atoms with E-state index in [-0.39, 0.29) is 24.1 Å². The van der Waals surface area contributed by atoms with E-state index in [2.05, 4.69) is 100 Å². The molecule has 0 saturated carbocycles. The van der Waals surface area contributed by atoms with Crippen molar-refractivity contribution in [1.82, 2.24) is 0 Å². The molecule has 0 bridgehead atoms. The Morgan fingerprint density at radius 2 is 0.942 bits per heavy atom. The van der Waals surface area contributed by atoms with Crippen molar-refractivity contribution < 1.29 is 19.1 Å². The van der Waals surface area contributed by atoms with Crippen molar-refractivity contribution in [3.8, 4) is 0 Å². The zero-order valence-electron chi connectivity index (χ0n) is 30.4. The van der Waals surface area contributed by atoms with E-state index in [0.29, 0.717) is 25.7 Å². The average Bonchev–Trinajstić information content (AvgIpc) is 3.89. The number of rotatable bonds is 16. The van der Waals surface area contributed by atoms with E-state index >= 15 is 0 Å². The topological polar surface area (TPSA) is 52.6 Å². The largest absolute Gasteiger partial charge is 0.456 e. The van der Waals surface area contributed by atoms with Crippen LogP contribution in [0, 0.1) is 13.8 Å². The first-order valence-electron chi connectivity index (χ1n) is 18.6. The first kappa shape index (κ1) is 36.8. The van der Waals surface area contributed by atoms with Gasteiger partial charge in [-0.1, -0.05) is 99.2 Å². The number of esters is 2. The van der Waals surface area contributed by atoms with Gasteiger partial charge in [-0.05, 0) is 62.1 Å².